The molecule has 3 heterocycles. The second kappa shape index (κ2) is 10.9. The summed E-state index contributed by atoms with van der Waals surface area (Å²) in [6.45, 7) is 2.08. The predicted molar refractivity (Wildman–Crippen MR) is 125 cm³/mol. The number of rotatable bonds is 11. The summed E-state index contributed by atoms with van der Waals surface area (Å²) in [4.78, 5) is 7.79. The maximum Gasteiger partial charge on any atom is 0.231 e. The van der Waals surface area contributed by atoms with Crippen LogP contribution in [-0.4, -0.2) is 54.4 Å². The summed E-state index contributed by atoms with van der Waals surface area (Å²) < 4.78 is 35.1. The first kappa shape index (κ1) is 23.3. The minimum absolute atomic E-state index is 0.158. The van der Waals surface area contributed by atoms with Crippen molar-refractivity contribution in [1.29, 1.82) is 0 Å². The zero-order valence-electron chi connectivity index (χ0n) is 19.1. The summed E-state index contributed by atoms with van der Waals surface area (Å²) in [6.07, 6.45) is 1.29. The highest BCUT2D eigenvalue weighted by molar-refractivity contribution is 6.01. The number of nitrogens with zero attached hydrogens (tertiary/aromatic N) is 2. The fourth-order valence-corrected chi connectivity index (χ4v) is 4.15. The van der Waals surface area contributed by atoms with Crippen LogP contribution in [0.25, 0.3) is 0 Å². The number of hydrogen-bond acceptors (Lipinski definition) is 8. The van der Waals surface area contributed by atoms with E-state index in [1.165, 1.54) is 12.1 Å². The normalized spacial score (nSPS) is 17.5. The molecule has 2 aromatic carbocycles. The number of hydrogen-bond donors (Lipinski definition) is 1. The van der Waals surface area contributed by atoms with Gasteiger partial charge in [-0.1, -0.05) is 17.3 Å². The summed E-state index contributed by atoms with van der Waals surface area (Å²) in [5, 5.41) is 14.9. The topological polar surface area (TPSA) is 85.9 Å². The first-order valence-electron chi connectivity index (χ1n) is 11.5. The van der Waals surface area contributed by atoms with Gasteiger partial charge in [-0.15, -0.1) is 0 Å². The molecule has 2 aliphatic rings. The zero-order valence-corrected chi connectivity index (χ0v) is 19.1. The van der Waals surface area contributed by atoms with Crippen LogP contribution in [0, 0.1) is 5.82 Å². The Labute approximate surface area is 202 Å². The number of ether oxygens (including phenoxy) is 3. The number of aliphatic hydroxyl groups is 1. The number of benzene rings is 2. The molecule has 2 atom stereocenters. The van der Waals surface area contributed by atoms with Crippen LogP contribution in [0.1, 0.15) is 23.3 Å². The van der Waals surface area contributed by atoms with E-state index in [-0.39, 0.29) is 25.3 Å². The van der Waals surface area contributed by atoms with Crippen molar-refractivity contribution in [3.63, 3.8) is 0 Å². The second-order valence-electron chi connectivity index (χ2n) is 8.61. The molecule has 3 aromatic rings. The molecule has 0 saturated heterocycles. The molecule has 0 saturated carbocycles. The number of halogens is 1. The summed E-state index contributed by atoms with van der Waals surface area (Å²) in [5.41, 5.74) is 2.69. The summed E-state index contributed by atoms with van der Waals surface area (Å²) >= 11 is 0. The third-order valence-corrected chi connectivity index (χ3v) is 5.82. The molecule has 0 amide bonds. The van der Waals surface area contributed by atoms with Crippen LogP contribution in [0.2, 0.25) is 0 Å². The average molecular weight is 483 g/mol. The Morgan fingerprint density at radius 1 is 1.11 bits per heavy atom. The molecule has 1 N–H and O–H groups in total. The van der Waals surface area contributed by atoms with Crippen LogP contribution in [0.3, 0.4) is 0 Å². The average Bonchev–Trinajstić information content (AvgIpc) is 3.62. The molecule has 9 heteroatoms. The van der Waals surface area contributed by atoms with E-state index in [9.17, 15) is 9.50 Å². The molecular weight excluding hydrogens is 455 g/mol. The Kier molecular flexibility index (Phi) is 7.27. The van der Waals surface area contributed by atoms with Crippen molar-refractivity contribution in [2.75, 3.05) is 26.5 Å². The number of fused-ring (bicyclic) bond motifs is 1. The number of aliphatic hydroxyl groups excluding tert-OH is 1. The van der Waals surface area contributed by atoms with Crippen LogP contribution in [0.5, 0.6) is 11.5 Å². The Morgan fingerprint density at radius 3 is 2.80 bits per heavy atom. The fourth-order valence-electron chi connectivity index (χ4n) is 4.15. The van der Waals surface area contributed by atoms with E-state index in [0.29, 0.717) is 44.2 Å². The minimum Gasteiger partial charge on any atom is -0.467 e. The molecule has 35 heavy (non-hydrogen) atoms. The highest BCUT2D eigenvalue weighted by atomic mass is 19.1. The summed E-state index contributed by atoms with van der Waals surface area (Å²) in [5.74, 6) is 1.84. The molecule has 0 bridgehead atoms. The largest absolute Gasteiger partial charge is 0.467 e. The smallest absolute Gasteiger partial charge is 0.231 e. The molecule has 0 fully saturated rings. The maximum absolute atomic E-state index is 13.4. The molecule has 0 spiro atoms. The Morgan fingerprint density at radius 2 is 1.97 bits per heavy atom. The molecule has 0 aliphatic carbocycles. The molecule has 5 rings (SSSR count). The van der Waals surface area contributed by atoms with Crippen molar-refractivity contribution in [2.24, 2.45) is 5.16 Å². The molecule has 8 nitrogen and oxygen atoms in total. The van der Waals surface area contributed by atoms with E-state index in [0.717, 1.165) is 22.6 Å². The van der Waals surface area contributed by atoms with Crippen molar-refractivity contribution in [1.82, 2.24) is 4.90 Å². The van der Waals surface area contributed by atoms with E-state index in [2.05, 4.69) is 10.1 Å². The quantitative estimate of drug-likeness (QED) is 0.446. The first-order chi connectivity index (χ1) is 17.1. The molecule has 0 unspecified atom stereocenters. The monoisotopic (exact) mass is 482 g/mol. The lowest BCUT2D eigenvalue weighted by Gasteiger charge is -2.27. The van der Waals surface area contributed by atoms with Gasteiger partial charge in [0.15, 0.2) is 11.5 Å². The highest BCUT2D eigenvalue weighted by Gasteiger charge is 2.27. The Balaban J connectivity index is 1.18. The van der Waals surface area contributed by atoms with Gasteiger partial charge in [0.2, 0.25) is 6.79 Å². The Hall–Kier alpha value is -3.40. The number of furan rings is 1. The van der Waals surface area contributed by atoms with E-state index in [1.54, 1.807) is 24.5 Å². The molecular formula is C26H27FN2O6. The van der Waals surface area contributed by atoms with Gasteiger partial charge in [0, 0.05) is 31.6 Å². The van der Waals surface area contributed by atoms with Crippen molar-refractivity contribution in [3.05, 3.63) is 83.6 Å². The lowest BCUT2D eigenvalue weighted by molar-refractivity contribution is -0.00956. The third-order valence-electron chi connectivity index (χ3n) is 5.82. The molecule has 0 radical (unpaired) electrons. The van der Waals surface area contributed by atoms with Gasteiger partial charge in [0.25, 0.3) is 0 Å². The van der Waals surface area contributed by atoms with Gasteiger partial charge in [0.05, 0.1) is 24.7 Å². The van der Waals surface area contributed by atoms with Crippen molar-refractivity contribution < 1.29 is 33.0 Å². The van der Waals surface area contributed by atoms with Crippen LogP contribution >= 0.6 is 0 Å². The Bertz CT molecular complexity index is 1140. The minimum atomic E-state index is -0.721. The SMILES string of the molecule is O[C@H](COCc1ccco1)CN(Cc1ccc(F)cc1)C[C@H]1CC(c2ccc3c(c2)OCO3)=NO1. The van der Waals surface area contributed by atoms with E-state index in [1.807, 2.05) is 24.3 Å². The lowest BCUT2D eigenvalue weighted by Crippen LogP contribution is -2.39. The summed E-state index contributed by atoms with van der Waals surface area (Å²) in [7, 11) is 0. The van der Waals surface area contributed by atoms with E-state index < -0.39 is 6.10 Å². The van der Waals surface area contributed by atoms with Gasteiger partial charge in [-0.3, -0.25) is 4.90 Å². The van der Waals surface area contributed by atoms with Crippen LogP contribution < -0.4 is 9.47 Å². The highest BCUT2D eigenvalue weighted by Crippen LogP contribution is 2.33. The van der Waals surface area contributed by atoms with Gasteiger partial charge in [-0.25, -0.2) is 4.39 Å². The van der Waals surface area contributed by atoms with Gasteiger partial charge in [-0.2, -0.15) is 0 Å². The zero-order chi connectivity index (χ0) is 24.0. The lowest BCUT2D eigenvalue weighted by atomic mass is 10.0. The van der Waals surface area contributed by atoms with Crippen molar-refractivity contribution in [2.45, 2.75) is 31.8 Å². The standard InChI is InChI=1S/C26H27FN2O6/c27-20-6-3-18(4-7-20)12-29(13-21(30)15-31-16-22-2-1-9-32-22)14-23-11-24(28-35-23)19-5-8-25-26(10-19)34-17-33-25/h1-10,21,23,30H,11-17H2/t21-,23+/m0/s1. The second-order valence-corrected chi connectivity index (χ2v) is 8.61. The molecule has 2 aliphatic heterocycles. The van der Waals surface area contributed by atoms with Crippen LogP contribution in [-0.2, 0) is 22.7 Å². The van der Waals surface area contributed by atoms with Gasteiger partial charge in [-0.05, 0) is 48.0 Å². The predicted octanol–water partition coefficient (Wildman–Crippen LogP) is 3.72. The molecule has 184 valence electrons. The third kappa shape index (κ3) is 6.19. The number of oxime groups is 1. The van der Waals surface area contributed by atoms with Gasteiger partial charge < -0.3 is 28.6 Å². The fraction of sp³-hybridized carbons (Fsp3) is 0.346. The first-order valence-corrected chi connectivity index (χ1v) is 11.5. The van der Waals surface area contributed by atoms with Gasteiger partial charge in [0.1, 0.15) is 24.3 Å². The van der Waals surface area contributed by atoms with E-state index >= 15 is 0 Å². The van der Waals surface area contributed by atoms with E-state index in [4.69, 9.17) is 23.5 Å². The van der Waals surface area contributed by atoms with Crippen molar-refractivity contribution >= 4 is 5.71 Å². The van der Waals surface area contributed by atoms with Crippen LogP contribution in [0.4, 0.5) is 4.39 Å². The van der Waals surface area contributed by atoms with Gasteiger partial charge >= 0.3 is 0 Å². The maximum atomic E-state index is 13.4. The van der Waals surface area contributed by atoms with Crippen molar-refractivity contribution in [3.8, 4) is 11.5 Å². The van der Waals surface area contributed by atoms with Crippen LogP contribution in [0.15, 0.2) is 70.4 Å². The summed E-state index contributed by atoms with van der Waals surface area (Å²) in [6, 6.07) is 15.7. The molecule has 1 aromatic heterocycles.